The third kappa shape index (κ3) is 66.9. The Morgan fingerprint density at radius 3 is 0.780 bits per heavy atom. The van der Waals surface area contributed by atoms with Crippen molar-refractivity contribution in [3.05, 3.63) is 109 Å². The maximum atomic E-state index is 12.9. The van der Waals surface area contributed by atoms with Gasteiger partial charge in [-0.25, -0.2) is 0 Å². The summed E-state index contributed by atoms with van der Waals surface area (Å²) >= 11 is 0. The van der Waals surface area contributed by atoms with Gasteiger partial charge in [-0.05, 0) is 109 Å². The Bertz CT molecular complexity index is 1640. The smallest absolute Gasteiger partial charge is 0.306 e. The molecule has 0 aliphatic heterocycles. The number of hydrogen-bond acceptors (Lipinski definition) is 6. The fourth-order valence-electron chi connectivity index (χ4n) is 9.81. The number of esters is 3. The van der Waals surface area contributed by atoms with Crippen LogP contribution in [0.1, 0.15) is 335 Å². The molecule has 470 valence electrons. The molecule has 6 heteroatoms. The minimum Gasteiger partial charge on any atom is -0.462 e. The molecule has 1 atom stereocenters. The monoisotopic (exact) mass is 1140 g/mol. The zero-order valence-electron chi connectivity index (χ0n) is 54.0. The van der Waals surface area contributed by atoms with Crippen molar-refractivity contribution in [2.75, 3.05) is 13.2 Å². The van der Waals surface area contributed by atoms with Crippen LogP contribution in [0.15, 0.2) is 109 Å². The van der Waals surface area contributed by atoms with E-state index in [-0.39, 0.29) is 31.1 Å². The van der Waals surface area contributed by atoms with Crippen LogP contribution in [0.4, 0.5) is 0 Å². The van der Waals surface area contributed by atoms with Crippen LogP contribution in [0, 0.1) is 0 Å². The predicted molar refractivity (Wildman–Crippen MR) is 357 cm³/mol. The number of allylic oxidation sites excluding steroid dienone is 18. The van der Waals surface area contributed by atoms with Crippen molar-refractivity contribution in [1.29, 1.82) is 0 Å². The lowest BCUT2D eigenvalue weighted by molar-refractivity contribution is -0.167. The molecular formula is C76H130O6. The highest BCUT2D eigenvalue weighted by molar-refractivity contribution is 5.71. The van der Waals surface area contributed by atoms with E-state index >= 15 is 0 Å². The summed E-state index contributed by atoms with van der Waals surface area (Å²) in [5.74, 6) is -0.894. The van der Waals surface area contributed by atoms with Crippen molar-refractivity contribution < 1.29 is 28.6 Å². The fourth-order valence-corrected chi connectivity index (χ4v) is 9.81. The van der Waals surface area contributed by atoms with Gasteiger partial charge in [-0.1, -0.05) is 316 Å². The molecule has 0 saturated carbocycles. The Hall–Kier alpha value is -3.93. The van der Waals surface area contributed by atoms with Crippen molar-refractivity contribution in [1.82, 2.24) is 0 Å². The molecule has 0 rings (SSSR count). The summed E-state index contributed by atoms with van der Waals surface area (Å²) in [6.07, 6.45) is 95.4. The zero-order valence-corrected chi connectivity index (χ0v) is 54.0. The largest absolute Gasteiger partial charge is 0.462 e. The summed E-state index contributed by atoms with van der Waals surface area (Å²) in [6, 6.07) is 0. The minimum absolute atomic E-state index is 0.0846. The third-order valence-electron chi connectivity index (χ3n) is 15.0. The van der Waals surface area contributed by atoms with Gasteiger partial charge in [-0.3, -0.25) is 14.4 Å². The van der Waals surface area contributed by atoms with Crippen LogP contribution in [0.3, 0.4) is 0 Å². The Balaban J connectivity index is 4.30. The van der Waals surface area contributed by atoms with Gasteiger partial charge in [0.25, 0.3) is 0 Å². The lowest BCUT2D eigenvalue weighted by Crippen LogP contribution is -2.30. The maximum absolute atomic E-state index is 12.9. The lowest BCUT2D eigenvalue weighted by atomic mass is 10.0. The Morgan fingerprint density at radius 1 is 0.256 bits per heavy atom. The Kier molecular flexibility index (Phi) is 66.2. The van der Waals surface area contributed by atoms with Crippen molar-refractivity contribution >= 4 is 17.9 Å². The van der Waals surface area contributed by atoms with Gasteiger partial charge in [0.1, 0.15) is 13.2 Å². The van der Waals surface area contributed by atoms with Gasteiger partial charge < -0.3 is 14.2 Å². The number of rotatable bonds is 63. The second kappa shape index (κ2) is 69.6. The summed E-state index contributed by atoms with van der Waals surface area (Å²) in [5, 5.41) is 0. The summed E-state index contributed by atoms with van der Waals surface area (Å²) in [7, 11) is 0. The summed E-state index contributed by atoms with van der Waals surface area (Å²) in [5.41, 5.74) is 0. The van der Waals surface area contributed by atoms with Gasteiger partial charge >= 0.3 is 17.9 Å². The minimum atomic E-state index is -0.788. The molecule has 6 nitrogen and oxygen atoms in total. The van der Waals surface area contributed by atoms with Gasteiger partial charge in [-0.2, -0.15) is 0 Å². The van der Waals surface area contributed by atoms with Crippen molar-refractivity contribution in [3.8, 4) is 0 Å². The van der Waals surface area contributed by atoms with Crippen LogP contribution < -0.4 is 0 Å². The topological polar surface area (TPSA) is 78.9 Å². The molecule has 82 heavy (non-hydrogen) atoms. The van der Waals surface area contributed by atoms with E-state index in [4.69, 9.17) is 14.2 Å². The highest BCUT2D eigenvalue weighted by atomic mass is 16.6. The molecule has 0 aliphatic carbocycles. The third-order valence-corrected chi connectivity index (χ3v) is 15.0. The van der Waals surface area contributed by atoms with E-state index in [9.17, 15) is 14.4 Å². The summed E-state index contributed by atoms with van der Waals surface area (Å²) in [6.45, 7) is 6.52. The first-order valence-electron chi connectivity index (χ1n) is 34.9. The number of ether oxygens (including phenoxy) is 3. The molecule has 0 aromatic carbocycles. The van der Waals surface area contributed by atoms with E-state index in [1.54, 1.807) is 0 Å². The molecule has 0 aromatic heterocycles. The lowest BCUT2D eigenvalue weighted by Gasteiger charge is -2.18. The highest BCUT2D eigenvalue weighted by Gasteiger charge is 2.19. The standard InChI is InChI=1S/C76H130O6/c1-4-7-10-13-16-19-22-25-27-29-31-33-34-35-36-37-38-39-40-41-42-44-45-47-49-51-54-57-60-63-66-69-75(78)81-72-73(71-80-74(77)68-65-62-59-56-53-24-21-18-15-12-9-6-3)82-76(79)70-67-64-61-58-55-52-50-48-46-43-32-30-28-26-23-20-17-14-11-8-5-2/h7,10,16,18-19,21,25,27,31,33,35-36,38-39,41-42,45,47,73H,4-6,8-9,11-15,17,20,22-24,26,28-30,32,34,37,40,43-44,46,48-72H2,1-3H3/b10-7-,19-16-,21-18-,27-25-,33-31-,36-35-,39-38-,42-41-,47-45-. The van der Waals surface area contributed by atoms with E-state index in [0.717, 1.165) is 128 Å². The van der Waals surface area contributed by atoms with Gasteiger partial charge in [0.15, 0.2) is 6.10 Å². The second-order valence-electron chi connectivity index (χ2n) is 23.1. The van der Waals surface area contributed by atoms with E-state index in [1.165, 1.54) is 167 Å². The molecule has 0 amide bonds. The molecule has 0 bridgehead atoms. The SMILES string of the molecule is CC/C=C\C/C=C\C/C=C\C/C=C\C/C=C\C/C=C\C/C=C\C/C=C\CCCCCCCCC(=O)OCC(COC(=O)CCCCCCC/C=C\CCCCC)OC(=O)CCCCCCCCCCCCCCCCCCCCCCC. The molecule has 0 radical (unpaired) electrons. The molecule has 0 aromatic rings. The quantitative estimate of drug-likeness (QED) is 0.0261. The summed E-state index contributed by atoms with van der Waals surface area (Å²) < 4.78 is 16.9. The van der Waals surface area contributed by atoms with Crippen LogP contribution in [0.25, 0.3) is 0 Å². The molecule has 0 aliphatic rings. The normalized spacial score (nSPS) is 12.8. The van der Waals surface area contributed by atoms with Crippen molar-refractivity contribution in [3.63, 3.8) is 0 Å². The number of unbranched alkanes of at least 4 members (excludes halogenated alkanes) is 34. The maximum Gasteiger partial charge on any atom is 0.306 e. The number of carbonyl (C=O) groups is 3. The van der Waals surface area contributed by atoms with Crippen molar-refractivity contribution in [2.24, 2.45) is 0 Å². The van der Waals surface area contributed by atoms with E-state index < -0.39 is 6.10 Å². The molecule has 0 saturated heterocycles. The first-order valence-corrected chi connectivity index (χ1v) is 34.9. The van der Waals surface area contributed by atoms with Gasteiger partial charge in [0.2, 0.25) is 0 Å². The van der Waals surface area contributed by atoms with Crippen LogP contribution in [-0.2, 0) is 28.6 Å². The van der Waals surface area contributed by atoms with E-state index in [1.807, 2.05) is 0 Å². The van der Waals surface area contributed by atoms with Crippen LogP contribution in [0.5, 0.6) is 0 Å². The number of carbonyl (C=O) groups excluding carboxylic acids is 3. The first-order chi connectivity index (χ1) is 40.5. The molecule has 0 N–H and O–H groups in total. The fraction of sp³-hybridized carbons (Fsp3) is 0.724. The average molecular weight is 1140 g/mol. The van der Waals surface area contributed by atoms with Gasteiger partial charge in [-0.15, -0.1) is 0 Å². The molecule has 0 heterocycles. The zero-order chi connectivity index (χ0) is 59.2. The van der Waals surface area contributed by atoms with Crippen LogP contribution >= 0.6 is 0 Å². The molecule has 0 fully saturated rings. The highest BCUT2D eigenvalue weighted by Crippen LogP contribution is 2.17. The predicted octanol–water partition coefficient (Wildman–Crippen LogP) is 24.2. The Morgan fingerprint density at radius 2 is 0.476 bits per heavy atom. The molecule has 0 spiro atoms. The second-order valence-corrected chi connectivity index (χ2v) is 23.1. The van der Waals surface area contributed by atoms with Crippen molar-refractivity contribution in [2.45, 2.75) is 341 Å². The van der Waals surface area contributed by atoms with Crippen LogP contribution in [0.2, 0.25) is 0 Å². The Labute approximate surface area is 508 Å². The molecule has 1 unspecified atom stereocenters. The first kappa shape index (κ1) is 78.1. The molecular weight excluding hydrogens is 1010 g/mol. The van der Waals surface area contributed by atoms with Gasteiger partial charge in [0.05, 0.1) is 0 Å². The number of hydrogen-bond donors (Lipinski definition) is 0. The van der Waals surface area contributed by atoms with E-state index in [0.29, 0.717) is 19.3 Å². The average Bonchev–Trinajstić information content (AvgIpc) is 3.47. The van der Waals surface area contributed by atoms with Crippen LogP contribution in [-0.4, -0.2) is 37.2 Å². The summed E-state index contributed by atoms with van der Waals surface area (Å²) in [4.78, 5) is 38.4. The van der Waals surface area contributed by atoms with E-state index in [2.05, 4.69) is 130 Å². The van der Waals surface area contributed by atoms with Gasteiger partial charge in [0, 0.05) is 19.3 Å².